The molecule has 0 radical (unpaired) electrons. The van der Waals surface area contributed by atoms with Crippen molar-refractivity contribution in [1.82, 2.24) is 0 Å². The van der Waals surface area contributed by atoms with Gasteiger partial charge >= 0.3 is 18.0 Å². The molecule has 0 heterocycles. The zero-order valence-electron chi connectivity index (χ0n) is 15.5. The van der Waals surface area contributed by atoms with Crippen LogP contribution >= 0.6 is 0 Å². The number of nitro groups is 1. The summed E-state index contributed by atoms with van der Waals surface area (Å²) in [5.74, 6) is -17.7. The smallest absolute Gasteiger partial charge is 0.296 e. The summed E-state index contributed by atoms with van der Waals surface area (Å²) >= 11 is 0. The molecule has 0 fully saturated rings. The fourth-order valence-corrected chi connectivity index (χ4v) is 1.90. The van der Waals surface area contributed by atoms with Crippen molar-refractivity contribution in [2.45, 2.75) is 44.8 Å². The Hall–Kier alpha value is -2.93. The second kappa shape index (κ2) is 8.07. The van der Waals surface area contributed by atoms with Crippen molar-refractivity contribution in [2.24, 2.45) is 15.6 Å². The first-order chi connectivity index (χ1) is 13.3. The van der Waals surface area contributed by atoms with Crippen molar-refractivity contribution >= 4 is 22.9 Å². The average Bonchev–Trinajstić information content (AvgIpc) is 2.59. The molecule has 0 aliphatic rings. The third-order valence-electron chi connectivity index (χ3n) is 3.64. The van der Waals surface area contributed by atoms with E-state index in [4.69, 9.17) is 0 Å². The highest BCUT2D eigenvalue weighted by Crippen LogP contribution is 2.47. The lowest BCUT2D eigenvalue weighted by atomic mass is 9.83. The van der Waals surface area contributed by atoms with E-state index in [1.54, 1.807) is 0 Å². The molecule has 1 atom stereocenters. The van der Waals surface area contributed by atoms with E-state index >= 15 is 0 Å². The Morgan fingerprint density at radius 3 is 1.77 bits per heavy atom. The number of azo groups is 1. The molecule has 0 aliphatic heterocycles. The van der Waals surface area contributed by atoms with Gasteiger partial charge in [0.05, 0.1) is 10.6 Å². The number of halogens is 7. The predicted octanol–water partition coefficient (Wildman–Crippen LogP) is 5.06. The van der Waals surface area contributed by atoms with Crippen LogP contribution in [-0.2, 0) is 9.59 Å². The molecular formula is C16H14F7N3O4. The van der Waals surface area contributed by atoms with Crippen LogP contribution in [0.5, 0.6) is 0 Å². The summed E-state index contributed by atoms with van der Waals surface area (Å²) in [5, 5.41) is 16.8. The Labute approximate surface area is 164 Å². The minimum atomic E-state index is -6.78. The quantitative estimate of drug-likeness (QED) is 0.192. The second-order valence-electron chi connectivity index (χ2n) is 7.02. The Morgan fingerprint density at radius 1 is 0.933 bits per heavy atom. The molecule has 0 bridgehead atoms. The summed E-state index contributed by atoms with van der Waals surface area (Å²) in [5.41, 5.74) is -2.37. The number of hydrogen-bond donors (Lipinski definition) is 0. The summed E-state index contributed by atoms with van der Waals surface area (Å²) in [6.45, 7) is 3.28. The van der Waals surface area contributed by atoms with E-state index in [0.29, 0.717) is 0 Å². The van der Waals surface area contributed by atoms with Gasteiger partial charge in [0.1, 0.15) is 0 Å². The molecule has 166 valence electrons. The monoisotopic (exact) mass is 445 g/mol. The number of alkyl halides is 7. The summed E-state index contributed by atoms with van der Waals surface area (Å²) in [7, 11) is 0. The first-order valence-corrected chi connectivity index (χ1v) is 7.90. The van der Waals surface area contributed by atoms with Crippen molar-refractivity contribution in [1.29, 1.82) is 0 Å². The Kier molecular flexibility index (Phi) is 6.75. The van der Waals surface area contributed by atoms with E-state index in [1.807, 2.05) is 0 Å². The zero-order chi connectivity index (χ0) is 23.7. The minimum absolute atomic E-state index is 0.314. The molecule has 0 aliphatic carbocycles. The lowest BCUT2D eigenvalue weighted by molar-refractivity contribution is -0.384. The molecule has 1 aromatic rings. The molecule has 0 amide bonds. The molecule has 1 aromatic carbocycles. The average molecular weight is 445 g/mol. The number of carbonyl (C=O) groups excluding carboxylic acids is 2. The number of carbonyl (C=O) groups is 2. The summed E-state index contributed by atoms with van der Waals surface area (Å²) in [6.07, 6.45) is -6.78. The predicted molar refractivity (Wildman–Crippen MR) is 86.8 cm³/mol. The molecule has 7 nitrogen and oxygen atoms in total. The van der Waals surface area contributed by atoms with E-state index in [9.17, 15) is 50.4 Å². The highest BCUT2D eigenvalue weighted by Gasteiger charge is 2.77. The third kappa shape index (κ3) is 4.97. The number of benzene rings is 1. The van der Waals surface area contributed by atoms with Crippen LogP contribution in [0.1, 0.15) is 20.8 Å². The Bertz CT molecular complexity index is 859. The number of nitro benzene ring substituents is 1. The van der Waals surface area contributed by atoms with Crippen LogP contribution in [0.15, 0.2) is 34.5 Å². The highest BCUT2D eigenvalue weighted by atomic mass is 19.4. The lowest BCUT2D eigenvalue weighted by Crippen LogP contribution is -2.59. The van der Waals surface area contributed by atoms with Gasteiger partial charge in [-0.05, 0) is 12.1 Å². The van der Waals surface area contributed by atoms with E-state index < -0.39 is 51.7 Å². The van der Waals surface area contributed by atoms with Crippen molar-refractivity contribution in [3.05, 3.63) is 34.4 Å². The number of Topliss-reactive ketones (excluding diaryl/α,β-unsaturated/α-hetero) is 2. The molecule has 14 heteroatoms. The highest BCUT2D eigenvalue weighted by molar-refractivity contribution is 6.11. The van der Waals surface area contributed by atoms with Gasteiger partial charge in [-0.15, -0.1) is 0 Å². The van der Waals surface area contributed by atoms with E-state index in [0.717, 1.165) is 45.0 Å². The number of ketones is 2. The second-order valence-corrected chi connectivity index (χ2v) is 7.02. The largest absolute Gasteiger partial charge is 0.460 e. The van der Waals surface area contributed by atoms with Crippen LogP contribution in [-0.4, -0.2) is 40.6 Å². The summed E-state index contributed by atoms with van der Waals surface area (Å²) in [6, 6.07) is 0.649. The Balaban J connectivity index is 3.41. The van der Waals surface area contributed by atoms with E-state index in [2.05, 4.69) is 10.2 Å². The number of nitrogens with zero attached hydrogens (tertiary/aromatic N) is 3. The first-order valence-electron chi connectivity index (χ1n) is 7.90. The molecular weight excluding hydrogens is 431 g/mol. The van der Waals surface area contributed by atoms with Gasteiger partial charge in [-0.2, -0.15) is 41.0 Å². The molecule has 0 saturated heterocycles. The standard InChI is InChI=1S/C16H14F7N3O4/c1-13(2,3)11(27)10(12(28)14(17,18)15(19,20)16(21,22)23)25-24-8-4-6-9(7-5-8)26(29)30/h4-7,10H,1-3H3. The van der Waals surface area contributed by atoms with Gasteiger partial charge in [0.15, 0.2) is 11.8 Å². The fourth-order valence-electron chi connectivity index (χ4n) is 1.90. The van der Waals surface area contributed by atoms with Crippen LogP contribution in [0.4, 0.5) is 42.1 Å². The van der Waals surface area contributed by atoms with Crippen LogP contribution < -0.4 is 0 Å². The molecule has 0 saturated carbocycles. The van der Waals surface area contributed by atoms with Crippen LogP contribution in [0.3, 0.4) is 0 Å². The molecule has 30 heavy (non-hydrogen) atoms. The van der Waals surface area contributed by atoms with Gasteiger partial charge in [-0.1, -0.05) is 20.8 Å². The lowest BCUT2D eigenvalue weighted by Gasteiger charge is -2.29. The topological polar surface area (TPSA) is 102 Å². The number of hydrogen-bond acceptors (Lipinski definition) is 6. The minimum Gasteiger partial charge on any atom is -0.296 e. The van der Waals surface area contributed by atoms with Gasteiger partial charge in [-0.3, -0.25) is 19.7 Å². The normalized spacial score (nSPS) is 14.6. The maximum Gasteiger partial charge on any atom is 0.460 e. The van der Waals surface area contributed by atoms with E-state index in [1.165, 1.54) is 0 Å². The fraction of sp³-hybridized carbons (Fsp3) is 0.500. The summed E-state index contributed by atoms with van der Waals surface area (Å²) in [4.78, 5) is 34.0. The van der Waals surface area contributed by atoms with Crippen molar-refractivity contribution in [2.75, 3.05) is 0 Å². The third-order valence-corrected chi connectivity index (χ3v) is 3.64. The maximum absolute atomic E-state index is 13.8. The van der Waals surface area contributed by atoms with Crippen molar-refractivity contribution in [3.8, 4) is 0 Å². The van der Waals surface area contributed by atoms with Gasteiger partial charge in [-0.25, -0.2) is 0 Å². The Morgan fingerprint density at radius 2 is 1.40 bits per heavy atom. The van der Waals surface area contributed by atoms with Crippen molar-refractivity contribution < 1.29 is 45.2 Å². The maximum atomic E-state index is 13.8. The molecule has 0 aromatic heterocycles. The van der Waals surface area contributed by atoms with Crippen molar-refractivity contribution in [3.63, 3.8) is 0 Å². The van der Waals surface area contributed by atoms with Crippen LogP contribution in [0.2, 0.25) is 0 Å². The van der Waals surface area contributed by atoms with Gasteiger partial charge < -0.3 is 0 Å². The first kappa shape index (κ1) is 25.1. The SMILES string of the molecule is CC(C)(C)C(=O)C(N=Nc1ccc([N+](=O)[O-])cc1)C(=O)C(F)(F)C(F)(F)C(F)(F)F. The van der Waals surface area contributed by atoms with Crippen LogP contribution in [0, 0.1) is 15.5 Å². The number of non-ortho nitro benzene ring substituents is 1. The van der Waals surface area contributed by atoms with E-state index in [-0.39, 0.29) is 5.69 Å². The molecule has 1 rings (SSSR count). The molecule has 1 unspecified atom stereocenters. The molecule has 0 N–H and O–H groups in total. The zero-order valence-corrected chi connectivity index (χ0v) is 15.5. The number of rotatable bonds is 7. The molecule has 0 spiro atoms. The summed E-state index contributed by atoms with van der Waals surface area (Å²) < 4.78 is 91.2. The van der Waals surface area contributed by atoms with Gasteiger partial charge in [0.2, 0.25) is 5.78 Å². The van der Waals surface area contributed by atoms with Crippen LogP contribution in [0.25, 0.3) is 0 Å². The van der Waals surface area contributed by atoms with Gasteiger partial charge in [0, 0.05) is 17.5 Å². The van der Waals surface area contributed by atoms with Gasteiger partial charge in [0.25, 0.3) is 5.69 Å².